The van der Waals surface area contributed by atoms with Gasteiger partial charge in [-0.1, -0.05) is 48.5 Å². The van der Waals surface area contributed by atoms with Gasteiger partial charge in [-0.3, -0.25) is 9.69 Å². The standard InChI is InChI=1S/C23H28N6O2/c1-31-22-10-6-5-9-19(22)11-13-24-23(30)21-15-20(29-17-25-26-27-29)16-28(21)14-12-18-7-3-2-4-8-18/h2-10,17,20-21H,11-16H2,1H3,(H,24,30)/t20-,21+/m1/s1. The van der Waals surface area contributed by atoms with Crippen molar-refractivity contribution in [2.24, 2.45) is 0 Å². The monoisotopic (exact) mass is 420 g/mol. The number of aromatic nitrogens is 4. The second-order valence-corrected chi connectivity index (χ2v) is 7.78. The number of hydrogen-bond donors (Lipinski definition) is 1. The second-order valence-electron chi connectivity index (χ2n) is 7.78. The van der Waals surface area contributed by atoms with Crippen molar-refractivity contribution in [1.29, 1.82) is 0 Å². The third-order valence-electron chi connectivity index (χ3n) is 5.84. The fraction of sp³-hybridized carbons (Fsp3) is 0.391. The smallest absolute Gasteiger partial charge is 0.237 e. The largest absolute Gasteiger partial charge is 0.496 e. The molecule has 0 spiro atoms. The van der Waals surface area contributed by atoms with E-state index in [9.17, 15) is 4.79 Å². The molecule has 2 aromatic carbocycles. The summed E-state index contributed by atoms with van der Waals surface area (Å²) in [6, 6.07) is 18.2. The van der Waals surface area contributed by atoms with Crippen LogP contribution in [0.5, 0.6) is 5.75 Å². The van der Waals surface area contributed by atoms with Gasteiger partial charge in [0.25, 0.3) is 0 Å². The first kappa shape index (κ1) is 21.0. The number of likely N-dealkylation sites (tertiary alicyclic amines) is 1. The minimum absolute atomic E-state index is 0.0542. The summed E-state index contributed by atoms with van der Waals surface area (Å²) in [5.41, 5.74) is 2.35. The van der Waals surface area contributed by atoms with Crippen LogP contribution < -0.4 is 10.1 Å². The van der Waals surface area contributed by atoms with E-state index in [0.29, 0.717) is 13.0 Å². The molecule has 1 N–H and O–H groups in total. The van der Waals surface area contributed by atoms with Gasteiger partial charge in [-0.15, -0.1) is 5.10 Å². The van der Waals surface area contributed by atoms with Crippen molar-refractivity contribution in [2.45, 2.75) is 31.3 Å². The number of tetrazole rings is 1. The minimum atomic E-state index is -0.199. The van der Waals surface area contributed by atoms with E-state index in [2.05, 4.69) is 37.9 Å². The fourth-order valence-electron chi connectivity index (χ4n) is 4.19. The van der Waals surface area contributed by atoms with Gasteiger partial charge in [-0.05, 0) is 46.9 Å². The van der Waals surface area contributed by atoms with Crippen molar-refractivity contribution in [3.05, 3.63) is 72.1 Å². The lowest BCUT2D eigenvalue weighted by molar-refractivity contribution is -0.125. The van der Waals surface area contributed by atoms with Crippen molar-refractivity contribution in [3.8, 4) is 5.75 Å². The van der Waals surface area contributed by atoms with Crippen LogP contribution in [0.2, 0.25) is 0 Å². The molecule has 1 fully saturated rings. The third-order valence-corrected chi connectivity index (χ3v) is 5.84. The van der Waals surface area contributed by atoms with Crippen LogP contribution in [-0.4, -0.2) is 63.8 Å². The number of amides is 1. The molecule has 0 bridgehead atoms. The van der Waals surface area contributed by atoms with E-state index in [0.717, 1.165) is 37.2 Å². The zero-order valence-electron chi connectivity index (χ0n) is 17.7. The summed E-state index contributed by atoms with van der Waals surface area (Å²) < 4.78 is 7.17. The summed E-state index contributed by atoms with van der Waals surface area (Å²) in [4.78, 5) is 15.3. The Morgan fingerprint density at radius 1 is 1.13 bits per heavy atom. The molecule has 8 heteroatoms. The van der Waals surface area contributed by atoms with Crippen LogP contribution in [0, 0.1) is 0 Å². The Balaban J connectivity index is 1.38. The number of para-hydroxylation sites is 1. The zero-order valence-corrected chi connectivity index (χ0v) is 17.7. The molecule has 0 radical (unpaired) electrons. The molecule has 0 unspecified atom stereocenters. The van der Waals surface area contributed by atoms with E-state index in [1.54, 1.807) is 18.1 Å². The summed E-state index contributed by atoms with van der Waals surface area (Å²) in [5.74, 6) is 0.902. The molecule has 1 saturated heterocycles. The average molecular weight is 421 g/mol. The van der Waals surface area contributed by atoms with E-state index >= 15 is 0 Å². The lowest BCUT2D eigenvalue weighted by atomic mass is 10.1. The van der Waals surface area contributed by atoms with Crippen molar-refractivity contribution in [3.63, 3.8) is 0 Å². The van der Waals surface area contributed by atoms with Crippen molar-refractivity contribution in [1.82, 2.24) is 30.4 Å². The highest BCUT2D eigenvalue weighted by Gasteiger charge is 2.37. The minimum Gasteiger partial charge on any atom is -0.496 e. The van der Waals surface area contributed by atoms with Gasteiger partial charge in [-0.25, -0.2) is 4.68 Å². The molecule has 162 valence electrons. The molecule has 0 aliphatic carbocycles. The van der Waals surface area contributed by atoms with Gasteiger partial charge in [-0.2, -0.15) is 0 Å². The number of rotatable bonds is 9. The first-order valence-corrected chi connectivity index (χ1v) is 10.6. The second kappa shape index (κ2) is 10.2. The summed E-state index contributed by atoms with van der Waals surface area (Å²) in [6.45, 7) is 2.13. The van der Waals surface area contributed by atoms with Crippen LogP contribution in [0.3, 0.4) is 0 Å². The Morgan fingerprint density at radius 3 is 2.71 bits per heavy atom. The highest BCUT2D eigenvalue weighted by molar-refractivity contribution is 5.82. The normalized spacial score (nSPS) is 18.7. The van der Waals surface area contributed by atoms with Crippen LogP contribution in [-0.2, 0) is 17.6 Å². The van der Waals surface area contributed by atoms with E-state index < -0.39 is 0 Å². The van der Waals surface area contributed by atoms with E-state index in [1.807, 2.05) is 42.5 Å². The predicted octanol–water partition coefficient (Wildman–Crippen LogP) is 1.90. The van der Waals surface area contributed by atoms with Crippen molar-refractivity contribution >= 4 is 5.91 Å². The number of carbonyl (C=O) groups excluding carboxylic acids is 1. The summed E-state index contributed by atoms with van der Waals surface area (Å²) >= 11 is 0. The van der Waals surface area contributed by atoms with Gasteiger partial charge < -0.3 is 10.1 Å². The lowest BCUT2D eigenvalue weighted by Gasteiger charge is -2.23. The number of ether oxygens (including phenoxy) is 1. The highest BCUT2D eigenvalue weighted by atomic mass is 16.5. The third kappa shape index (κ3) is 5.27. The number of nitrogens with one attached hydrogen (secondary N) is 1. The van der Waals surface area contributed by atoms with Gasteiger partial charge in [0.05, 0.1) is 19.2 Å². The molecule has 2 heterocycles. The molecule has 3 aromatic rings. The number of methoxy groups -OCH3 is 1. The Bertz CT molecular complexity index is 963. The Hall–Kier alpha value is -3.26. The Labute approximate surface area is 182 Å². The van der Waals surface area contributed by atoms with Crippen molar-refractivity contribution < 1.29 is 9.53 Å². The van der Waals surface area contributed by atoms with Gasteiger partial charge >= 0.3 is 0 Å². The molecule has 2 atom stereocenters. The topological polar surface area (TPSA) is 85.2 Å². The molecule has 1 aliphatic heterocycles. The van der Waals surface area contributed by atoms with Crippen LogP contribution >= 0.6 is 0 Å². The maximum Gasteiger partial charge on any atom is 0.237 e. The van der Waals surface area contributed by atoms with Gasteiger partial charge in [0.15, 0.2) is 0 Å². The van der Waals surface area contributed by atoms with Crippen LogP contribution in [0.25, 0.3) is 0 Å². The fourth-order valence-corrected chi connectivity index (χ4v) is 4.19. The van der Waals surface area contributed by atoms with Crippen molar-refractivity contribution in [2.75, 3.05) is 26.7 Å². The number of carbonyl (C=O) groups is 1. The van der Waals surface area contributed by atoms with Crippen LogP contribution in [0.4, 0.5) is 0 Å². The molecule has 8 nitrogen and oxygen atoms in total. The molecule has 31 heavy (non-hydrogen) atoms. The van der Waals surface area contributed by atoms with Gasteiger partial charge in [0, 0.05) is 19.6 Å². The van der Waals surface area contributed by atoms with Crippen LogP contribution in [0.1, 0.15) is 23.6 Å². The molecule has 1 aromatic heterocycles. The quantitative estimate of drug-likeness (QED) is 0.569. The van der Waals surface area contributed by atoms with E-state index in [1.165, 1.54) is 5.56 Å². The van der Waals surface area contributed by atoms with Crippen LogP contribution in [0.15, 0.2) is 60.9 Å². The molecular formula is C23H28N6O2. The molecule has 1 aliphatic rings. The maximum atomic E-state index is 13.1. The molecule has 0 saturated carbocycles. The zero-order chi connectivity index (χ0) is 21.5. The van der Waals surface area contributed by atoms with Gasteiger partial charge in [0.1, 0.15) is 12.1 Å². The Morgan fingerprint density at radius 2 is 1.94 bits per heavy atom. The molecule has 4 rings (SSSR count). The SMILES string of the molecule is COc1ccccc1CCNC(=O)[C@@H]1C[C@@H](n2cnnn2)CN1CCc1ccccc1. The summed E-state index contributed by atoms with van der Waals surface area (Å²) in [5, 5.41) is 14.7. The lowest BCUT2D eigenvalue weighted by Crippen LogP contribution is -2.44. The first-order chi connectivity index (χ1) is 15.2. The number of nitrogens with zero attached hydrogens (tertiary/aromatic N) is 5. The molecular weight excluding hydrogens is 392 g/mol. The predicted molar refractivity (Wildman–Crippen MR) is 117 cm³/mol. The van der Waals surface area contributed by atoms with E-state index in [-0.39, 0.29) is 18.0 Å². The molecule has 1 amide bonds. The van der Waals surface area contributed by atoms with Gasteiger partial charge in [0.2, 0.25) is 5.91 Å². The highest BCUT2D eigenvalue weighted by Crippen LogP contribution is 2.27. The number of benzene rings is 2. The average Bonchev–Trinajstić information content (AvgIpc) is 3.49. The number of hydrogen-bond acceptors (Lipinski definition) is 6. The summed E-state index contributed by atoms with van der Waals surface area (Å²) in [7, 11) is 1.67. The van der Waals surface area contributed by atoms with E-state index in [4.69, 9.17) is 4.74 Å². The first-order valence-electron chi connectivity index (χ1n) is 10.6. The Kier molecular flexibility index (Phi) is 6.89. The summed E-state index contributed by atoms with van der Waals surface area (Å²) in [6.07, 6.45) is 3.94. The maximum absolute atomic E-state index is 13.1.